The lowest BCUT2D eigenvalue weighted by Crippen LogP contribution is -2.45. The molecule has 1 saturated heterocycles. The number of anilines is 1. The van der Waals surface area contributed by atoms with Gasteiger partial charge in [-0.1, -0.05) is 0 Å². The average molecular weight is 293 g/mol. The lowest BCUT2D eigenvalue weighted by Gasteiger charge is -2.19. The number of imide groups is 1. The Balaban J connectivity index is 1.96. The molecule has 0 bridgehead atoms. The van der Waals surface area contributed by atoms with Crippen molar-refractivity contribution in [2.24, 2.45) is 0 Å². The Morgan fingerprint density at radius 3 is 2.43 bits per heavy atom. The van der Waals surface area contributed by atoms with Crippen LogP contribution >= 0.6 is 0 Å². The molecular weight excluding hydrogens is 277 g/mol. The van der Waals surface area contributed by atoms with Gasteiger partial charge in [-0.25, -0.2) is 9.18 Å². The maximum atomic E-state index is 12.7. The van der Waals surface area contributed by atoms with E-state index in [1.54, 1.807) is 13.8 Å². The highest BCUT2D eigenvalue weighted by Crippen LogP contribution is 2.16. The van der Waals surface area contributed by atoms with E-state index in [0.717, 1.165) is 4.90 Å². The monoisotopic (exact) mass is 293 g/mol. The summed E-state index contributed by atoms with van der Waals surface area (Å²) in [5, 5.41) is 4.93. The normalized spacial score (nSPS) is 18.3. The molecule has 7 heteroatoms. The molecule has 4 amide bonds. The molecule has 1 aliphatic heterocycles. The van der Waals surface area contributed by atoms with Crippen molar-refractivity contribution in [1.82, 2.24) is 10.2 Å². The van der Waals surface area contributed by atoms with Crippen molar-refractivity contribution >= 4 is 23.5 Å². The highest BCUT2D eigenvalue weighted by molar-refractivity contribution is 6.07. The van der Waals surface area contributed by atoms with Gasteiger partial charge in [0.15, 0.2) is 0 Å². The molecule has 0 unspecified atom stereocenters. The largest absolute Gasteiger partial charge is 0.326 e. The zero-order chi connectivity index (χ0) is 15.6. The average Bonchev–Trinajstić information content (AvgIpc) is 2.67. The minimum atomic E-state index is -0.861. The second kappa shape index (κ2) is 5.90. The standard InChI is InChI=1S/C14H16FN3O3/c1-8(2)18-12(19)7-11(13(18)20)17-14(21)16-10-5-3-9(15)4-6-10/h3-6,8,11H,7H2,1-2H3,(H2,16,17,21)/t11-/m1/s1. The Morgan fingerprint density at radius 2 is 1.90 bits per heavy atom. The van der Waals surface area contributed by atoms with Gasteiger partial charge < -0.3 is 10.6 Å². The van der Waals surface area contributed by atoms with E-state index < -0.39 is 23.8 Å². The SMILES string of the molecule is CC(C)N1C(=O)C[C@@H](NC(=O)Nc2ccc(F)cc2)C1=O. The molecule has 1 heterocycles. The highest BCUT2D eigenvalue weighted by Gasteiger charge is 2.40. The summed E-state index contributed by atoms with van der Waals surface area (Å²) in [5.41, 5.74) is 0.395. The van der Waals surface area contributed by atoms with Crippen LogP contribution in [-0.4, -0.2) is 34.8 Å². The van der Waals surface area contributed by atoms with E-state index in [2.05, 4.69) is 10.6 Å². The molecule has 112 valence electrons. The highest BCUT2D eigenvalue weighted by atomic mass is 19.1. The van der Waals surface area contributed by atoms with Crippen LogP contribution in [0.1, 0.15) is 20.3 Å². The Labute approximate surface area is 121 Å². The van der Waals surface area contributed by atoms with Gasteiger partial charge in [0.2, 0.25) is 5.91 Å². The van der Waals surface area contributed by atoms with Crippen LogP contribution in [0.5, 0.6) is 0 Å². The zero-order valence-corrected chi connectivity index (χ0v) is 11.7. The predicted molar refractivity (Wildman–Crippen MR) is 73.9 cm³/mol. The van der Waals surface area contributed by atoms with Crippen molar-refractivity contribution in [2.75, 3.05) is 5.32 Å². The number of rotatable bonds is 3. The van der Waals surface area contributed by atoms with Crippen LogP contribution in [0.25, 0.3) is 0 Å². The fraction of sp³-hybridized carbons (Fsp3) is 0.357. The molecule has 21 heavy (non-hydrogen) atoms. The van der Waals surface area contributed by atoms with Gasteiger partial charge in [0, 0.05) is 11.7 Å². The number of hydrogen-bond acceptors (Lipinski definition) is 3. The minimum absolute atomic E-state index is 0.0478. The van der Waals surface area contributed by atoms with Crippen LogP contribution in [0.15, 0.2) is 24.3 Å². The molecular formula is C14H16FN3O3. The topological polar surface area (TPSA) is 78.5 Å². The number of hydrogen-bond donors (Lipinski definition) is 2. The number of halogens is 1. The summed E-state index contributed by atoms with van der Waals surface area (Å²) in [4.78, 5) is 36.6. The first-order valence-electron chi connectivity index (χ1n) is 6.57. The fourth-order valence-electron chi connectivity index (χ4n) is 2.16. The zero-order valence-electron chi connectivity index (χ0n) is 11.7. The maximum absolute atomic E-state index is 12.7. The van der Waals surface area contributed by atoms with Gasteiger partial charge >= 0.3 is 6.03 Å². The van der Waals surface area contributed by atoms with Crippen LogP contribution in [-0.2, 0) is 9.59 Å². The molecule has 0 aliphatic carbocycles. The summed E-state index contributed by atoms with van der Waals surface area (Å²) >= 11 is 0. The molecule has 0 radical (unpaired) electrons. The Bertz CT molecular complexity index is 571. The van der Waals surface area contributed by atoms with E-state index in [4.69, 9.17) is 0 Å². The Hall–Kier alpha value is -2.44. The van der Waals surface area contributed by atoms with Crippen molar-refractivity contribution < 1.29 is 18.8 Å². The van der Waals surface area contributed by atoms with Crippen LogP contribution in [0.2, 0.25) is 0 Å². The molecule has 1 aromatic rings. The lowest BCUT2D eigenvalue weighted by molar-refractivity contribution is -0.140. The molecule has 2 N–H and O–H groups in total. The van der Waals surface area contributed by atoms with Crippen LogP contribution in [0, 0.1) is 5.82 Å². The van der Waals surface area contributed by atoms with Gasteiger partial charge in [-0.15, -0.1) is 0 Å². The Morgan fingerprint density at radius 1 is 1.29 bits per heavy atom. The second-order valence-electron chi connectivity index (χ2n) is 5.06. The summed E-state index contributed by atoms with van der Waals surface area (Å²) in [6.45, 7) is 3.47. The molecule has 1 fully saturated rings. The third kappa shape index (κ3) is 3.36. The van der Waals surface area contributed by atoms with E-state index in [1.807, 2.05) is 0 Å². The van der Waals surface area contributed by atoms with E-state index >= 15 is 0 Å². The Kier molecular flexibility index (Phi) is 4.21. The minimum Gasteiger partial charge on any atom is -0.326 e. The van der Waals surface area contributed by atoms with Crippen LogP contribution in [0.3, 0.4) is 0 Å². The third-order valence-corrected chi connectivity index (χ3v) is 3.11. The molecule has 6 nitrogen and oxygen atoms in total. The molecule has 2 rings (SSSR count). The van der Waals surface area contributed by atoms with Gasteiger partial charge in [-0.05, 0) is 38.1 Å². The summed E-state index contributed by atoms with van der Waals surface area (Å²) in [6.07, 6.45) is -0.0478. The van der Waals surface area contributed by atoms with E-state index in [1.165, 1.54) is 24.3 Å². The molecule has 0 saturated carbocycles. The summed E-state index contributed by atoms with van der Waals surface area (Å²) in [7, 11) is 0. The molecule has 1 aromatic carbocycles. The first-order valence-corrected chi connectivity index (χ1v) is 6.57. The van der Waals surface area contributed by atoms with Crippen molar-refractivity contribution in [2.45, 2.75) is 32.4 Å². The molecule has 0 aromatic heterocycles. The maximum Gasteiger partial charge on any atom is 0.319 e. The van der Waals surface area contributed by atoms with E-state index in [-0.39, 0.29) is 18.4 Å². The van der Waals surface area contributed by atoms with Crippen molar-refractivity contribution in [3.63, 3.8) is 0 Å². The van der Waals surface area contributed by atoms with E-state index in [0.29, 0.717) is 5.69 Å². The third-order valence-electron chi connectivity index (χ3n) is 3.11. The van der Waals surface area contributed by atoms with Crippen molar-refractivity contribution in [3.8, 4) is 0 Å². The van der Waals surface area contributed by atoms with Gasteiger partial charge in [0.25, 0.3) is 5.91 Å². The predicted octanol–water partition coefficient (Wildman–Crippen LogP) is 1.48. The summed E-state index contributed by atoms with van der Waals surface area (Å²) < 4.78 is 12.7. The van der Waals surface area contributed by atoms with Crippen molar-refractivity contribution in [1.29, 1.82) is 0 Å². The number of carbonyl (C=O) groups excluding carboxylic acids is 3. The number of carbonyl (C=O) groups is 3. The molecule has 1 aliphatic rings. The number of nitrogens with zero attached hydrogens (tertiary/aromatic N) is 1. The van der Waals surface area contributed by atoms with Gasteiger partial charge in [0.1, 0.15) is 11.9 Å². The van der Waals surface area contributed by atoms with Gasteiger partial charge in [-0.3, -0.25) is 14.5 Å². The van der Waals surface area contributed by atoms with Crippen LogP contribution < -0.4 is 10.6 Å². The van der Waals surface area contributed by atoms with Crippen LogP contribution in [0.4, 0.5) is 14.9 Å². The van der Waals surface area contributed by atoms with Gasteiger partial charge in [0.05, 0.1) is 6.42 Å². The number of urea groups is 1. The lowest BCUT2D eigenvalue weighted by atomic mass is 10.2. The van der Waals surface area contributed by atoms with E-state index in [9.17, 15) is 18.8 Å². The molecule has 0 spiro atoms. The smallest absolute Gasteiger partial charge is 0.319 e. The number of nitrogens with one attached hydrogen (secondary N) is 2. The second-order valence-corrected chi connectivity index (χ2v) is 5.06. The van der Waals surface area contributed by atoms with Crippen molar-refractivity contribution in [3.05, 3.63) is 30.1 Å². The fourth-order valence-corrected chi connectivity index (χ4v) is 2.16. The first-order chi connectivity index (χ1) is 9.88. The number of benzene rings is 1. The summed E-state index contributed by atoms with van der Waals surface area (Å²) in [6, 6.07) is 3.50. The van der Waals surface area contributed by atoms with Gasteiger partial charge in [-0.2, -0.15) is 0 Å². The number of amides is 4. The quantitative estimate of drug-likeness (QED) is 0.829. The summed E-state index contributed by atoms with van der Waals surface area (Å²) in [5.74, 6) is -1.13. The number of likely N-dealkylation sites (tertiary alicyclic amines) is 1. The first kappa shape index (κ1) is 15.0. The molecule has 1 atom stereocenters.